The summed E-state index contributed by atoms with van der Waals surface area (Å²) in [6.45, 7) is -0.0125. The van der Waals surface area contributed by atoms with Crippen LogP contribution in [-0.4, -0.2) is 28.1 Å². The van der Waals surface area contributed by atoms with Gasteiger partial charge >= 0.3 is 6.18 Å². The number of amides is 2. The highest BCUT2D eigenvalue weighted by Gasteiger charge is 2.31. The lowest BCUT2D eigenvalue weighted by Gasteiger charge is -2.14. The molecule has 3 aromatic rings. The summed E-state index contributed by atoms with van der Waals surface area (Å²) in [5.41, 5.74) is -0.656. The number of nitrogens with one attached hydrogen (secondary N) is 2. The summed E-state index contributed by atoms with van der Waals surface area (Å²) >= 11 is 0. The van der Waals surface area contributed by atoms with Crippen LogP contribution < -0.4 is 10.6 Å². The summed E-state index contributed by atoms with van der Waals surface area (Å²) in [4.78, 5) is 23.9. The maximum Gasteiger partial charge on any atom is 0.416 e. The van der Waals surface area contributed by atoms with Crippen molar-refractivity contribution in [3.63, 3.8) is 0 Å². The van der Waals surface area contributed by atoms with E-state index in [0.29, 0.717) is 0 Å². The third-order valence-electron chi connectivity index (χ3n) is 3.73. The Morgan fingerprint density at radius 3 is 2.64 bits per heavy atom. The first-order valence-electron chi connectivity index (χ1n) is 8.17. The molecule has 10 heteroatoms. The molecule has 0 aliphatic heterocycles. The van der Waals surface area contributed by atoms with E-state index in [-0.39, 0.29) is 30.1 Å². The van der Waals surface area contributed by atoms with E-state index in [1.165, 1.54) is 29.3 Å². The fourth-order valence-corrected chi connectivity index (χ4v) is 2.42. The van der Waals surface area contributed by atoms with E-state index in [0.717, 1.165) is 12.1 Å². The molecule has 0 unspecified atom stereocenters. The van der Waals surface area contributed by atoms with Crippen molar-refractivity contribution in [3.8, 4) is 5.69 Å². The van der Waals surface area contributed by atoms with Crippen molar-refractivity contribution in [2.45, 2.75) is 12.6 Å². The molecule has 2 amide bonds. The molecular weight excluding hydrogens is 377 g/mol. The Kier molecular flexibility index (Phi) is 5.48. The fraction of sp³-hybridized carbons (Fsp3) is 0.167. The lowest BCUT2D eigenvalue weighted by atomic mass is 10.1. The van der Waals surface area contributed by atoms with Gasteiger partial charge in [-0.05, 0) is 36.4 Å². The molecular formula is C18H15F3N4O3. The molecule has 28 heavy (non-hydrogen) atoms. The summed E-state index contributed by atoms with van der Waals surface area (Å²) in [5, 5.41) is 8.91. The molecule has 0 radical (unpaired) electrons. The van der Waals surface area contributed by atoms with Crippen LogP contribution in [0, 0.1) is 0 Å². The van der Waals surface area contributed by atoms with Crippen LogP contribution in [-0.2, 0) is 11.0 Å². The zero-order valence-corrected chi connectivity index (χ0v) is 14.4. The normalized spacial score (nSPS) is 11.2. The second-order valence-electron chi connectivity index (χ2n) is 5.71. The molecule has 0 aliphatic rings. The average molecular weight is 392 g/mol. The van der Waals surface area contributed by atoms with Gasteiger partial charge in [0.25, 0.3) is 5.91 Å². The summed E-state index contributed by atoms with van der Waals surface area (Å²) in [5.74, 6) is -0.958. The molecule has 2 aromatic heterocycles. The van der Waals surface area contributed by atoms with Crippen LogP contribution in [0.1, 0.15) is 22.5 Å². The molecule has 0 fully saturated rings. The fourth-order valence-electron chi connectivity index (χ4n) is 2.42. The summed E-state index contributed by atoms with van der Waals surface area (Å²) in [6.07, 6.45) is -0.346. The van der Waals surface area contributed by atoms with Gasteiger partial charge in [-0.2, -0.15) is 18.3 Å². The van der Waals surface area contributed by atoms with Gasteiger partial charge in [-0.3, -0.25) is 9.59 Å². The van der Waals surface area contributed by atoms with Gasteiger partial charge in [0.2, 0.25) is 5.91 Å². The van der Waals surface area contributed by atoms with Gasteiger partial charge in [-0.15, -0.1) is 0 Å². The minimum Gasteiger partial charge on any atom is -0.459 e. The van der Waals surface area contributed by atoms with Crippen molar-refractivity contribution in [1.29, 1.82) is 0 Å². The lowest BCUT2D eigenvalue weighted by Crippen LogP contribution is -2.27. The Bertz CT molecular complexity index is 951. The van der Waals surface area contributed by atoms with Crippen molar-refractivity contribution in [3.05, 3.63) is 66.4 Å². The van der Waals surface area contributed by atoms with Crippen LogP contribution in [0.4, 0.5) is 18.9 Å². The quantitative estimate of drug-likeness (QED) is 0.674. The van der Waals surface area contributed by atoms with Gasteiger partial charge in [0.15, 0.2) is 5.76 Å². The number of carbonyl (C=O) groups is 2. The lowest BCUT2D eigenvalue weighted by molar-refractivity contribution is -0.137. The number of carbonyl (C=O) groups excluding carboxylic acids is 2. The highest BCUT2D eigenvalue weighted by molar-refractivity contribution is 5.94. The largest absolute Gasteiger partial charge is 0.459 e. The Morgan fingerprint density at radius 1 is 1.18 bits per heavy atom. The van der Waals surface area contributed by atoms with E-state index >= 15 is 0 Å². The van der Waals surface area contributed by atoms with Crippen molar-refractivity contribution in [2.24, 2.45) is 0 Å². The number of alkyl halides is 3. The molecule has 0 aliphatic carbocycles. The summed E-state index contributed by atoms with van der Waals surface area (Å²) in [7, 11) is 0. The number of benzene rings is 1. The number of halogens is 3. The zero-order chi connectivity index (χ0) is 20.1. The van der Waals surface area contributed by atoms with Gasteiger partial charge in [-0.25, -0.2) is 4.68 Å². The molecule has 0 atom stereocenters. The first-order valence-corrected chi connectivity index (χ1v) is 8.17. The first kappa shape index (κ1) is 19.2. The predicted octanol–water partition coefficient (Wildman–Crippen LogP) is 3.24. The number of anilines is 1. The van der Waals surface area contributed by atoms with Crippen molar-refractivity contribution in [2.75, 3.05) is 11.9 Å². The molecule has 0 saturated carbocycles. The van der Waals surface area contributed by atoms with Crippen LogP contribution in [0.3, 0.4) is 0 Å². The smallest absolute Gasteiger partial charge is 0.416 e. The number of hydrogen-bond acceptors (Lipinski definition) is 4. The molecule has 0 saturated heterocycles. The van der Waals surface area contributed by atoms with Crippen LogP contribution >= 0.6 is 0 Å². The molecule has 2 heterocycles. The molecule has 3 rings (SSSR count). The molecule has 2 N–H and O–H groups in total. The van der Waals surface area contributed by atoms with Crippen molar-refractivity contribution < 1.29 is 27.2 Å². The topological polar surface area (TPSA) is 89.2 Å². The van der Waals surface area contributed by atoms with E-state index in [9.17, 15) is 22.8 Å². The zero-order valence-electron chi connectivity index (χ0n) is 14.4. The van der Waals surface area contributed by atoms with Crippen LogP contribution in [0.5, 0.6) is 0 Å². The second kappa shape index (κ2) is 7.99. The molecule has 7 nitrogen and oxygen atoms in total. The minimum absolute atomic E-state index is 0.0125. The SMILES string of the molecule is O=C(CCNC(=O)c1ccco1)Nc1cc(C(F)(F)F)ccc1-n1cccn1. The van der Waals surface area contributed by atoms with Crippen LogP contribution in [0.15, 0.2) is 59.5 Å². The predicted molar refractivity (Wildman–Crippen MR) is 92.9 cm³/mol. The van der Waals surface area contributed by atoms with E-state index in [1.807, 2.05) is 0 Å². The summed E-state index contributed by atoms with van der Waals surface area (Å²) in [6, 6.07) is 7.60. The Hall–Kier alpha value is -3.56. The van der Waals surface area contributed by atoms with Gasteiger partial charge in [0, 0.05) is 25.4 Å². The maximum atomic E-state index is 13.0. The van der Waals surface area contributed by atoms with Gasteiger partial charge in [-0.1, -0.05) is 0 Å². The van der Waals surface area contributed by atoms with E-state index in [1.54, 1.807) is 18.3 Å². The Balaban J connectivity index is 1.69. The standard InChI is InChI=1S/C18H15F3N4O3/c19-18(20,21)12-4-5-14(25-9-2-7-23-25)13(11-12)24-16(26)6-8-22-17(27)15-3-1-10-28-15/h1-5,7,9-11H,6,8H2,(H,22,27)(H,24,26). The number of aromatic nitrogens is 2. The van der Waals surface area contributed by atoms with Crippen molar-refractivity contribution >= 4 is 17.5 Å². The van der Waals surface area contributed by atoms with Gasteiger partial charge in [0.1, 0.15) is 0 Å². The van der Waals surface area contributed by atoms with E-state index in [4.69, 9.17) is 4.42 Å². The van der Waals surface area contributed by atoms with Crippen molar-refractivity contribution in [1.82, 2.24) is 15.1 Å². The van der Waals surface area contributed by atoms with Crippen LogP contribution in [0.25, 0.3) is 5.69 Å². The number of furan rings is 1. The second-order valence-corrected chi connectivity index (χ2v) is 5.71. The monoisotopic (exact) mass is 392 g/mol. The first-order chi connectivity index (χ1) is 13.3. The molecule has 0 bridgehead atoms. The van der Waals surface area contributed by atoms with Gasteiger partial charge < -0.3 is 15.1 Å². The van der Waals surface area contributed by atoms with E-state index in [2.05, 4.69) is 15.7 Å². The number of nitrogens with zero attached hydrogens (tertiary/aromatic N) is 2. The highest BCUT2D eigenvalue weighted by atomic mass is 19.4. The van der Waals surface area contributed by atoms with Crippen LogP contribution in [0.2, 0.25) is 0 Å². The molecule has 0 spiro atoms. The Morgan fingerprint density at radius 2 is 2.00 bits per heavy atom. The molecule has 1 aromatic carbocycles. The minimum atomic E-state index is -4.56. The average Bonchev–Trinajstić information content (AvgIpc) is 3.35. The number of hydrogen-bond donors (Lipinski definition) is 2. The third kappa shape index (κ3) is 4.58. The number of rotatable bonds is 6. The maximum absolute atomic E-state index is 13.0. The van der Waals surface area contributed by atoms with Gasteiger partial charge in [0.05, 0.1) is 23.2 Å². The van der Waals surface area contributed by atoms with E-state index < -0.39 is 23.6 Å². The highest BCUT2D eigenvalue weighted by Crippen LogP contribution is 2.33. The molecule has 146 valence electrons. The third-order valence-corrected chi connectivity index (χ3v) is 3.73. The Labute approximate surface area is 157 Å². The summed E-state index contributed by atoms with van der Waals surface area (Å²) < 4.78 is 45.3.